The van der Waals surface area contributed by atoms with Crippen LogP contribution in [0.25, 0.3) is 11.1 Å². The number of aryl methyl sites for hydroxylation is 3. The summed E-state index contributed by atoms with van der Waals surface area (Å²) < 4.78 is 1.34. The van der Waals surface area contributed by atoms with E-state index < -0.39 is 0 Å². The van der Waals surface area contributed by atoms with E-state index in [0.29, 0.717) is 0 Å². The van der Waals surface area contributed by atoms with Crippen LogP contribution in [0, 0.1) is 31.3 Å². The van der Waals surface area contributed by atoms with Gasteiger partial charge in [-0.1, -0.05) is 24.3 Å². The molecule has 0 saturated heterocycles. The molecule has 0 nitrogen and oxygen atoms in total. The molecule has 0 atom stereocenters. The minimum atomic E-state index is 1.31. The van der Waals surface area contributed by atoms with Gasteiger partial charge in [0.2, 0.25) is 0 Å². The molecule has 0 N–H and O–H groups in total. The average molecular weight is 336 g/mol. The van der Waals surface area contributed by atoms with Crippen LogP contribution in [0.15, 0.2) is 30.3 Å². The van der Waals surface area contributed by atoms with E-state index in [-0.39, 0.29) is 0 Å². The molecule has 0 aliphatic heterocycles. The molecule has 0 aliphatic rings. The van der Waals surface area contributed by atoms with E-state index in [1.54, 1.807) is 0 Å². The maximum Gasteiger partial charge on any atom is 0.0168 e. The van der Waals surface area contributed by atoms with Crippen LogP contribution < -0.4 is 0 Å². The lowest BCUT2D eigenvalue weighted by Crippen LogP contribution is -1.89. The summed E-state index contributed by atoms with van der Waals surface area (Å²) in [6, 6.07) is 11.2. The lowest BCUT2D eigenvalue weighted by molar-refractivity contribution is 1.30. The molecule has 0 unspecified atom stereocenters. The van der Waals surface area contributed by atoms with Gasteiger partial charge < -0.3 is 0 Å². The minimum absolute atomic E-state index is 1.31. The number of hydrogen-bond donors (Lipinski definition) is 0. The summed E-state index contributed by atoms with van der Waals surface area (Å²) in [4.78, 5) is 0. The maximum atomic E-state index is 2.42. The Kier molecular flexibility index (Phi) is 3.57. The van der Waals surface area contributed by atoms with Gasteiger partial charge in [-0.05, 0) is 89.7 Å². The van der Waals surface area contributed by atoms with E-state index in [0.717, 1.165) is 0 Å². The molecule has 1 heteroatoms. The van der Waals surface area contributed by atoms with Crippen LogP contribution >= 0.6 is 22.6 Å². The van der Waals surface area contributed by atoms with Crippen LogP contribution in [0.2, 0.25) is 0 Å². The average Bonchev–Trinajstić information content (AvgIpc) is 2.29. The first-order valence-electron chi connectivity index (χ1n) is 5.83. The summed E-state index contributed by atoms with van der Waals surface area (Å²) in [5.41, 5.74) is 8.10. The third kappa shape index (κ3) is 2.54. The molecule has 2 aromatic rings. The summed E-state index contributed by atoms with van der Waals surface area (Å²) in [5, 5.41) is 0. The molecule has 2 rings (SSSR count). The highest BCUT2D eigenvalue weighted by molar-refractivity contribution is 14.1. The molecule has 0 fully saturated rings. The Morgan fingerprint density at radius 2 is 1.35 bits per heavy atom. The Labute approximate surface area is 117 Å². The van der Waals surface area contributed by atoms with Crippen LogP contribution in [-0.4, -0.2) is 0 Å². The highest BCUT2D eigenvalue weighted by atomic mass is 127. The van der Waals surface area contributed by atoms with Crippen molar-refractivity contribution in [3.63, 3.8) is 0 Å². The standard InChI is InChI=1S/C16H17I/c1-10-5-6-14(7-11(10)2)15-8-12(3)13(4)16(17)9-15/h5-9H,1-4H3. The second kappa shape index (κ2) is 4.81. The van der Waals surface area contributed by atoms with Gasteiger partial charge in [-0.3, -0.25) is 0 Å². The fraction of sp³-hybridized carbons (Fsp3) is 0.250. The van der Waals surface area contributed by atoms with Crippen LogP contribution in [0.1, 0.15) is 22.3 Å². The first kappa shape index (κ1) is 12.6. The van der Waals surface area contributed by atoms with E-state index in [4.69, 9.17) is 0 Å². The maximum absolute atomic E-state index is 2.42. The van der Waals surface area contributed by atoms with Crippen LogP contribution in [0.3, 0.4) is 0 Å². The normalized spacial score (nSPS) is 10.6. The molecule has 0 heterocycles. The predicted molar refractivity (Wildman–Crippen MR) is 83.5 cm³/mol. The summed E-state index contributed by atoms with van der Waals surface area (Å²) in [6.07, 6.45) is 0. The first-order valence-corrected chi connectivity index (χ1v) is 6.91. The van der Waals surface area contributed by atoms with Crippen molar-refractivity contribution in [2.75, 3.05) is 0 Å². The Morgan fingerprint density at radius 3 is 1.94 bits per heavy atom. The largest absolute Gasteiger partial charge is 0.0584 e. The van der Waals surface area contributed by atoms with Crippen LogP contribution in [0.4, 0.5) is 0 Å². The fourth-order valence-corrected chi connectivity index (χ4v) is 2.66. The molecule has 17 heavy (non-hydrogen) atoms. The highest BCUT2D eigenvalue weighted by Gasteiger charge is 2.05. The van der Waals surface area contributed by atoms with Crippen LogP contribution in [-0.2, 0) is 0 Å². The zero-order chi connectivity index (χ0) is 12.6. The molecule has 0 aromatic heterocycles. The van der Waals surface area contributed by atoms with Crippen molar-refractivity contribution >= 4 is 22.6 Å². The third-order valence-corrected chi connectivity index (χ3v) is 4.56. The van der Waals surface area contributed by atoms with Gasteiger partial charge in [-0.2, -0.15) is 0 Å². The molecular weight excluding hydrogens is 319 g/mol. The predicted octanol–water partition coefficient (Wildman–Crippen LogP) is 5.19. The van der Waals surface area contributed by atoms with Gasteiger partial charge in [0.05, 0.1) is 0 Å². The monoisotopic (exact) mass is 336 g/mol. The lowest BCUT2D eigenvalue weighted by atomic mass is 9.98. The van der Waals surface area contributed by atoms with Gasteiger partial charge in [-0.15, -0.1) is 0 Å². The van der Waals surface area contributed by atoms with Crippen molar-refractivity contribution in [2.24, 2.45) is 0 Å². The second-order valence-electron chi connectivity index (χ2n) is 4.70. The molecule has 88 valence electrons. The quantitative estimate of drug-likeness (QED) is 0.629. The van der Waals surface area contributed by atoms with Crippen molar-refractivity contribution in [3.05, 3.63) is 56.2 Å². The van der Waals surface area contributed by atoms with E-state index in [2.05, 4.69) is 80.6 Å². The van der Waals surface area contributed by atoms with E-state index in [1.165, 1.54) is 37.0 Å². The topological polar surface area (TPSA) is 0 Å². The molecule has 0 aliphatic carbocycles. The summed E-state index contributed by atoms with van der Waals surface area (Å²) >= 11 is 2.42. The Bertz CT molecular complexity index is 545. The highest BCUT2D eigenvalue weighted by Crippen LogP contribution is 2.27. The van der Waals surface area contributed by atoms with Crippen molar-refractivity contribution in [1.82, 2.24) is 0 Å². The van der Waals surface area contributed by atoms with E-state index in [9.17, 15) is 0 Å². The van der Waals surface area contributed by atoms with E-state index in [1.807, 2.05) is 0 Å². The zero-order valence-electron chi connectivity index (χ0n) is 10.8. The molecule has 0 bridgehead atoms. The molecule has 2 aromatic carbocycles. The SMILES string of the molecule is Cc1ccc(-c2cc(C)c(C)c(I)c2)cc1C. The van der Waals surface area contributed by atoms with Crippen molar-refractivity contribution in [2.45, 2.75) is 27.7 Å². The van der Waals surface area contributed by atoms with Gasteiger partial charge in [0.15, 0.2) is 0 Å². The molecular formula is C16H17I. The van der Waals surface area contributed by atoms with Crippen molar-refractivity contribution in [3.8, 4) is 11.1 Å². The van der Waals surface area contributed by atoms with E-state index >= 15 is 0 Å². The van der Waals surface area contributed by atoms with Gasteiger partial charge in [-0.25, -0.2) is 0 Å². The fourth-order valence-electron chi connectivity index (χ4n) is 1.90. The second-order valence-corrected chi connectivity index (χ2v) is 5.86. The van der Waals surface area contributed by atoms with Gasteiger partial charge in [0, 0.05) is 3.57 Å². The summed E-state index contributed by atoms with van der Waals surface area (Å²) in [6.45, 7) is 8.69. The Hall–Kier alpha value is -0.830. The van der Waals surface area contributed by atoms with Crippen LogP contribution in [0.5, 0.6) is 0 Å². The number of hydrogen-bond acceptors (Lipinski definition) is 0. The zero-order valence-corrected chi connectivity index (χ0v) is 12.9. The van der Waals surface area contributed by atoms with Gasteiger partial charge in [0.1, 0.15) is 0 Å². The van der Waals surface area contributed by atoms with Gasteiger partial charge >= 0.3 is 0 Å². The number of halogens is 1. The number of rotatable bonds is 1. The molecule has 0 amide bonds. The van der Waals surface area contributed by atoms with Gasteiger partial charge in [0.25, 0.3) is 0 Å². The smallest absolute Gasteiger partial charge is 0.0168 e. The number of benzene rings is 2. The first-order chi connectivity index (χ1) is 7.99. The Balaban J connectivity index is 2.57. The molecule has 0 saturated carbocycles. The lowest BCUT2D eigenvalue weighted by Gasteiger charge is -2.10. The Morgan fingerprint density at radius 1 is 0.706 bits per heavy atom. The minimum Gasteiger partial charge on any atom is -0.0584 e. The summed E-state index contributed by atoms with van der Waals surface area (Å²) in [5.74, 6) is 0. The molecule has 0 spiro atoms. The molecule has 0 radical (unpaired) electrons. The van der Waals surface area contributed by atoms with Crippen molar-refractivity contribution in [1.29, 1.82) is 0 Å². The van der Waals surface area contributed by atoms with Crippen molar-refractivity contribution < 1.29 is 0 Å². The summed E-state index contributed by atoms with van der Waals surface area (Å²) in [7, 11) is 0. The third-order valence-electron chi connectivity index (χ3n) is 3.44.